The number of aryl methyl sites for hydroxylation is 1. The molecule has 0 atom stereocenters. The van der Waals surface area contributed by atoms with Crippen LogP contribution in [0.5, 0.6) is 0 Å². The summed E-state index contributed by atoms with van der Waals surface area (Å²) in [4.78, 5) is 20.9. The van der Waals surface area contributed by atoms with E-state index in [9.17, 15) is 18.0 Å². The van der Waals surface area contributed by atoms with Crippen molar-refractivity contribution in [2.24, 2.45) is 0 Å². The Morgan fingerprint density at radius 2 is 1.90 bits per heavy atom. The fraction of sp³-hybridized carbons (Fsp3) is 0.350. The number of amides is 1. The van der Waals surface area contributed by atoms with Gasteiger partial charge in [-0.2, -0.15) is 18.3 Å². The van der Waals surface area contributed by atoms with Gasteiger partial charge in [-0.1, -0.05) is 23.7 Å². The number of nitrogens with zero attached hydrogens (tertiary/aromatic N) is 5. The third-order valence-electron chi connectivity index (χ3n) is 5.11. The molecule has 2 aromatic heterocycles. The van der Waals surface area contributed by atoms with Crippen LogP contribution < -0.4 is 0 Å². The molecule has 1 fully saturated rings. The summed E-state index contributed by atoms with van der Waals surface area (Å²) in [6.45, 7) is 4.33. The number of rotatable bonds is 3. The zero-order valence-electron chi connectivity index (χ0n) is 16.5. The SMILES string of the molecule is Cc1cc(C(F)(F)F)n2nc(C(=O)N3CCN(Cc4cccc(Cl)c4)CC3)c(Br)c2n1. The summed E-state index contributed by atoms with van der Waals surface area (Å²) < 4.78 is 41.1. The predicted molar refractivity (Wildman–Crippen MR) is 113 cm³/mol. The van der Waals surface area contributed by atoms with Crippen LogP contribution in [0, 0.1) is 6.92 Å². The number of carbonyl (C=O) groups excluding carboxylic acids is 1. The van der Waals surface area contributed by atoms with E-state index in [1.165, 1.54) is 6.92 Å². The third-order valence-corrected chi connectivity index (χ3v) is 6.07. The zero-order valence-corrected chi connectivity index (χ0v) is 18.8. The first kappa shape index (κ1) is 22.0. The van der Waals surface area contributed by atoms with E-state index in [4.69, 9.17) is 11.6 Å². The van der Waals surface area contributed by atoms with Gasteiger partial charge in [-0.05, 0) is 46.6 Å². The van der Waals surface area contributed by atoms with Gasteiger partial charge in [0, 0.05) is 43.4 Å². The zero-order chi connectivity index (χ0) is 22.3. The van der Waals surface area contributed by atoms with Crippen molar-refractivity contribution in [2.45, 2.75) is 19.6 Å². The molecule has 1 aromatic carbocycles. The van der Waals surface area contributed by atoms with Crippen LogP contribution in [-0.4, -0.2) is 56.5 Å². The number of piperazine rings is 1. The van der Waals surface area contributed by atoms with Gasteiger partial charge in [0.05, 0.1) is 4.47 Å². The molecule has 4 rings (SSSR count). The Morgan fingerprint density at radius 3 is 2.55 bits per heavy atom. The summed E-state index contributed by atoms with van der Waals surface area (Å²) in [5.74, 6) is -0.425. The lowest BCUT2D eigenvalue weighted by Crippen LogP contribution is -2.48. The smallest absolute Gasteiger partial charge is 0.335 e. The molecule has 3 aromatic rings. The lowest BCUT2D eigenvalue weighted by molar-refractivity contribution is -0.142. The largest absolute Gasteiger partial charge is 0.433 e. The third kappa shape index (κ3) is 4.56. The molecule has 11 heteroatoms. The minimum absolute atomic E-state index is 0.0322. The Balaban J connectivity index is 1.52. The molecule has 0 spiro atoms. The number of aromatic nitrogens is 3. The normalized spacial score (nSPS) is 15.6. The summed E-state index contributed by atoms with van der Waals surface area (Å²) in [6, 6.07) is 8.51. The average Bonchev–Trinajstić information content (AvgIpc) is 3.03. The van der Waals surface area contributed by atoms with E-state index in [1.807, 2.05) is 24.3 Å². The van der Waals surface area contributed by atoms with Crippen molar-refractivity contribution in [1.29, 1.82) is 0 Å². The lowest BCUT2D eigenvalue weighted by Gasteiger charge is -2.34. The maximum absolute atomic E-state index is 13.4. The highest BCUT2D eigenvalue weighted by Crippen LogP contribution is 2.32. The van der Waals surface area contributed by atoms with Crippen molar-refractivity contribution in [3.05, 3.63) is 62.5 Å². The molecule has 0 unspecified atom stereocenters. The fourth-order valence-electron chi connectivity index (χ4n) is 3.60. The molecule has 0 aliphatic carbocycles. The Labute approximate surface area is 189 Å². The number of hydrogen-bond donors (Lipinski definition) is 0. The van der Waals surface area contributed by atoms with Crippen molar-refractivity contribution in [2.75, 3.05) is 26.2 Å². The molecule has 164 valence electrons. The van der Waals surface area contributed by atoms with Crippen LogP contribution in [0.3, 0.4) is 0 Å². The number of alkyl halides is 3. The van der Waals surface area contributed by atoms with Crippen molar-refractivity contribution in [3.63, 3.8) is 0 Å². The van der Waals surface area contributed by atoms with Gasteiger partial charge in [-0.25, -0.2) is 9.50 Å². The molecule has 6 nitrogen and oxygen atoms in total. The van der Waals surface area contributed by atoms with Gasteiger partial charge in [-0.15, -0.1) is 0 Å². The summed E-state index contributed by atoms with van der Waals surface area (Å²) in [5.41, 5.74) is 0.189. The Bertz CT molecular complexity index is 1140. The molecular formula is C20H18BrClF3N5O. The highest BCUT2D eigenvalue weighted by Gasteiger charge is 2.36. The van der Waals surface area contributed by atoms with E-state index in [1.54, 1.807) is 4.90 Å². The standard InChI is InChI=1S/C20H18BrClF3N5O/c1-12-9-15(20(23,24)25)30-18(26-12)16(21)17(27-30)19(31)29-7-5-28(6-8-29)11-13-3-2-4-14(22)10-13/h2-4,9-10H,5-8,11H2,1H3. The molecule has 0 bridgehead atoms. The molecular weight excluding hydrogens is 499 g/mol. The molecule has 1 aliphatic rings. The topological polar surface area (TPSA) is 53.7 Å². The van der Waals surface area contributed by atoms with Gasteiger partial charge in [0.25, 0.3) is 5.91 Å². The monoisotopic (exact) mass is 515 g/mol. The van der Waals surface area contributed by atoms with Crippen molar-refractivity contribution in [1.82, 2.24) is 24.4 Å². The van der Waals surface area contributed by atoms with Crippen molar-refractivity contribution < 1.29 is 18.0 Å². The molecule has 0 radical (unpaired) electrons. The van der Waals surface area contributed by atoms with Crippen LogP contribution in [-0.2, 0) is 12.7 Å². The van der Waals surface area contributed by atoms with E-state index in [0.29, 0.717) is 42.3 Å². The Hall–Kier alpha value is -2.17. The van der Waals surface area contributed by atoms with E-state index >= 15 is 0 Å². The molecule has 0 saturated carbocycles. The second kappa shape index (κ2) is 8.40. The average molecular weight is 517 g/mol. The first-order chi connectivity index (χ1) is 14.6. The summed E-state index contributed by atoms with van der Waals surface area (Å²) in [7, 11) is 0. The molecule has 3 heterocycles. The Morgan fingerprint density at radius 1 is 1.19 bits per heavy atom. The maximum atomic E-state index is 13.4. The van der Waals surface area contributed by atoms with Crippen molar-refractivity contribution in [3.8, 4) is 0 Å². The molecule has 1 aliphatic heterocycles. The van der Waals surface area contributed by atoms with Crippen LogP contribution in [0.25, 0.3) is 5.65 Å². The number of carbonyl (C=O) groups is 1. The van der Waals surface area contributed by atoms with Gasteiger partial charge < -0.3 is 4.90 Å². The van der Waals surface area contributed by atoms with Crippen LogP contribution in [0.1, 0.15) is 27.4 Å². The summed E-state index contributed by atoms with van der Waals surface area (Å²) in [6.07, 6.45) is -4.62. The van der Waals surface area contributed by atoms with Crippen LogP contribution >= 0.6 is 27.5 Å². The molecule has 1 amide bonds. The second-order valence-electron chi connectivity index (χ2n) is 7.38. The van der Waals surface area contributed by atoms with Crippen molar-refractivity contribution >= 4 is 39.1 Å². The minimum Gasteiger partial charge on any atom is -0.335 e. The minimum atomic E-state index is -4.62. The summed E-state index contributed by atoms with van der Waals surface area (Å²) in [5, 5.41) is 4.63. The van der Waals surface area contributed by atoms with Gasteiger partial charge in [-0.3, -0.25) is 9.69 Å². The lowest BCUT2D eigenvalue weighted by atomic mass is 10.2. The van der Waals surface area contributed by atoms with E-state index in [0.717, 1.165) is 11.6 Å². The number of hydrogen-bond acceptors (Lipinski definition) is 4. The first-order valence-electron chi connectivity index (χ1n) is 9.52. The van der Waals surface area contributed by atoms with E-state index in [-0.39, 0.29) is 21.5 Å². The highest BCUT2D eigenvalue weighted by molar-refractivity contribution is 9.10. The van der Waals surface area contributed by atoms with Gasteiger partial charge >= 0.3 is 6.18 Å². The quantitative estimate of drug-likeness (QED) is 0.517. The van der Waals surface area contributed by atoms with Gasteiger partial charge in [0.1, 0.15) is 5.69 Å². The van der Waals surface area contributed by atoms with E-state index in [2.05, 4.69) is 30.9 Å². The van der Waals surface area contributed by atoms with Crippen LogP contribution in [0.4, 0.5) is 13.2 Å². The van der Waals surface area contributed by atoms with Crippen LogP contribution in [0.2, 0.25) is 5.02 Å². The van der Waals surface area contributed by atoms with E-state index < -0.39 is 17.8 Å². The fourth-order valence-corrected chi connectivity index (χ4v) is 4.32. The summed E-state index contributed by atoms with van der Waals surface area (Å²) >= 11 is 9.27. The highest BCUT2D eigenvalue weighted by atomic mass is 79.9. The number of benzene rings is 1. The molecule has 31 heavy (non-hydrogen) atoms. The maximum Gasteiger partial charge on any atom is 0.433 e. The number of fused-ring (bicyclic) bond motifs is 1. The van der Waals surface area contributed by atoms with Gasteiger partial charge in [0.2, 0.25) is 0 Å². The van der Waals surface area contributed by atoms with Crippen LogP contribution in [0.15, 0.2) is 34.8 Å². The molecule has 1 saturated heterocycles. The second-order valence-corrected chi connectivity index (χ2v) is 8.61. The Kier molecular flexibility index (Phi) is 5.97. The first-order valence-corrected chi connectivity index (χ1v) is 10.7. The number of halogens is 5. The van der Waals surface area contributed by atoms with Gasteiger partial charge in [0.15, 0.2) is 11.3 Å². The predicted octanol–water partition coefficient (Wildman–Crippen LogP) is 4.43. The molecule has 0 N–H and O–H groups in total.